The molecule has 3 rings (SSSR count). The van der Waals surface area contributed by atoms with E-state index >= 15 is 0 Å². The molecule has 218 valence electrons. The third kappa shape index (κ3) is 10.3. The van der Waals surface area contributed by atoms with E-state index in [1.807, 2.05) is 0 Å². The second-order valence-corrected chi connectivity index (χ2v) is 8.36. The molecule has 16 heteroatoms. The Labute approximate surface area is 237 Å². The average Bonchev–Trinajstić information content (AvgIpc) is 2.98. The Balaban J connectivity index is 1.30. The highest BCUT2D eigenvalue weighted by Gasteiger charge is 2.11. The summed E-state index contributed by atoms with van der Waals surface area (Å²) in [5.74, 6) is -0.806. The number of rotatable bonds is 12. The van der Waals surface area contributed by atoms with Crippen molar-refractivity contribution in [3.05, 3.63) is 104 Å². The number of amides is 4. The third-order valence-electron chi connectivity index (χ3n) is 5.31. The molecule has 0 fully saturated rings. The number of carbonyl (C=O) groups is 4. The van der Waals surface area contributed by atoms with Crippen LogP contribution in [-0.4, -0.2) is 46.9 Å². The molecule has 0 saturated carbocycles. The molecule has 0 aliphatic carbocycles. The smallest absolute Gasteiger partial charge is 0.410 e. The Kier molecular flexibility index (Phi) is 10.8. The van der Waals surface area contributed by atoms with Crippen LogP contribution in [0.15, 0.2) is 72.8 Å². The molecule has 0 spiro atoms. The second kappa shape index (κ2) is 14.9. The minimum absolute atomic E-state index is 0.0771. The van der Waals surface area contributed by atoms with Crippen LogP contribution in [0.1, 0.15) is 11.1 Å². The first kappa shape index (κ1) is 30.5. The number of benzene rings is 3. The summed E-state index contributed by atoms with van der Waals surface area (Å²) in [5, 5.41) is 31.1. The van der Waals surface area contributed by atoms with Crippen molar-refractivity contribution in [2.75, 3.05) is 13.1 Å². The first-order valence-corrected chi connectivity index (χ1v) is 12.1. The lowest BCUT2D eigenvalue weighted by atomic mass is 10.1. The van der Waals surface area contributed by atoms with Crippen molar-refractivity contribution in [3.63, 3.8) is 0 Å². The van der Waals surface area contributed by atoms with Gasteiger partial charge in [-0.3, -0.25) is 29.8 Å². The lowest BCUT2D eigenvalue weighted by Crippen LogP contribution is -2.38. The minimum atomic E-state index is -0.901. The predicted octanol–water partition coefficient (Wildman–Crippen LogP) is 2.31. The number of nitrogens with one attached hydrogen (secondary N) is 4. The molecule has 0 heterocycles. The molecule has 0 aliphatic heterocycles. The van der Waals surface area contributed by atoms with Gasteiger partial charge in [-0.2, -0.15) is 0 Å². The fourth-order valence-electron chi connectivity index (χ4n) is 3.16. The Morgan fingerprint density at radius 3 is 1.19 bits per heavy atom. The van der Waals surface area contributed by atoms with E-state index < -0.39 is 33.8 Å². The van der Waals surface area contributed by atoms with Crippen molar-refractivity contribution in [3.8, 4) is 11.5 Å². The molecule has 3 aromatic carbocycles. The summed E-state index contributed by atoms with van der Waals surface area (Å²) < 4.78 is 9.90. The maximum absolute atomic E-state index is 12.0. The summed E-state index contributed by atoms with van der Waals surface area (Å²) in [6.45, 7) is -0.368. The van der Waals surface area contributed by atoms with Crippen LogP contribution in [0.4, 0.5) is 21.0 Å². The molecule has 0 radical (unpaired) electrons. The maximum atomic E-state index is 12.0. The van der Waals surface area contributed by atoms with Gasteiger partial charge in [0.05, 0.1) is 9.85 Å². The molecule has 4 N–H and O–H groups in total. The normalized spacial score (nSPS) is 10.1. The fourth-order valence-corrected chi connectivity index (χ4v) is 3.16. The van der Waals surface area contributed by atoms with Crippen LogP contribution in [0.25, 0.3) is 0 Å². The van der Waals surface area contributed by atoms with E-state index in [-0.39, 0.29) is 49.1 Å². The van der Waals surface area contributed by atoms with Crippen LogP contribution < -0.4 is 30.7 Å². The van der Waals surface area contributed by atoms with E-state index in [1.165, 1.54) is 48.5 Å². The molecular weight excluding hydrogens is 556 g/mol. The van der Waals surface area contributed by atoms with Crippen molar-refractivity contribution in [2.24, 2.45) is 0 Å². The van der Waals surface area contributed by atoms with Crippen LogP contribution in [0.5, 0.6) is 11.5 Å². The topological polar surface area (TPSA) is 221 Å². The molecule has 4 amide bonds. The van der Waals surface area contributed by atoms with Crippen LogP contribution >= 0.6 is 0 Å². The van der Waals surface area contributed by atoms with E-state index in [4.69, 9.17) is 9.47 Å². The molecule has 42 heavy (non-hydrogen) atoms. The van der Waals surface area contributed by atoms with Crippen molar-refractivity contribution in [2.45, 2.75) is 13.1 Å². The number of nitrogens with zero attached hydrogens (tertiary/aromatic N) is 2. The Hall–Kier alpha value is -6.06. The van der Waals surface area contributed by atoms with Crippen LogP contribution in [-0.2, 0) is 22.7 Å². The lowest BCUT2D eigenvalue weighted by molar-refractivity contribution is -0.385. The largest absolute Gasteiger partial charge is 0.413 e. The molecular formula is C26H24N6O10. The van der Waals surface area contributed by atoms with Gasteiger partial charge < -0.3 is 30.7 Å². The van der Waals surface area contributed by atoms with E-state index in [0.717, 1.165) is 11.1 Å². The number of hydrogen-bond acceptors (Lipinski definition) is 10. The summed E-state index contributed by atoms with van der Waals surface area (Å²) >= 11 is 0. The first-order valence-electron chi connectivity index (χ1n) is 12.1. The van der Waals surface area contributed by atoms with Crippen molar-refractivity contribution < 1.29 is 38.5 Å². The van der Waals surface area contributed by atoms with Gasteiger partial charge in [-0.05, 0) is 35.4 Å². The minimum Gasteiger partial charge on any atom is -0.410 e. The van der Waals surface area contributed by atoms with Crippen LogP contribution in [0.2, 0.25) is 0 Å². The zero-order chi connectivity index (χ0) is 30.5. The lowest BCUT2D eigenvalue weighted by Gasteiger charge is -2.09. The highest BCUT2D eigenvalue weighted by atomic mass is 16.6. The van der Waals surface area contributed by atoms with Crippen LogP contribution in [0, 0.1) is 20.2 Å². The molecule has 16 nitrogen and oxygen atoms in total. The van der Waals surface area contributed by atoms with Gasteiger partial charge >= 0.3 is 12.2 Å². The fraction of sp³-hybridized carbons (Fsp3) is 0.154. The summed E-state index contributed by atoms with van der Waals surface area (Å²) in [6.07, 6.45) is -1.80. The summed E-state index contributed by atoms with van der Waals surface area (Å²) in [7, 11) is 0. The van der Waals surface area contributed by atoms with E-state index in [9.17, 15) is 39.4 Å². The highest BCUT2D eigenvalue weighted by molar-refractivity contribution is 5.83. The summed E-state index contributed by atoms with van der Waals surface area (Å²) in [6, 6.07) is 16.7. The molecule has 0 saturated heterocycles. The van der Waals surface area contributed by atoms with Crippen molar-refractivity contribution in [1.82, 2.24) is 21.3 Å². The van der Waals surface area contributed by atoms with Gasteiger partial charge in [0.15, 0.2) is 0 Å². The Morgan fingerprint density at radius 1 is 0.548 bits per heavy atom. The van der Waals surface area contributed by atoms with Gasteiger partial charge in [0, 0.05) is 37.4 Å². The summed E-state index contributed by atoms with van der Waals surface area (Å²) in [4.78, 5) is 67.8. The first-order chi connectivity index (χ1) is 20.1. The van der Waals surface area contributed by atoms with Gasteiger partial charge in [0.1, 0.15) is 24.6 Å². The van der Waals surface area contributed by atoms with Crippen molar-refractivity contribution >= 4 is 35.4 Å². The number of hydrogen-bond donors (Lipinski definition) is 4. The number of carbonyl (C=O) groups excluding carboxylic acids is 4. The van der Waals surface area contributed by atoms with Gasteiger partial charge in [0.25, 0.3) is 11.4 Å². The number of ether oxygens (including phenoxy) is 2. The van der Waals surface area contributed by atoms with E-state index in [1.54, 1.807) is 24.3 Å². The maximum Gasteiger partial charge on any atom is 0.413 e. The predicted molar refractivity (Wildman–Crippen MR) is 144 cm³/mol. The summed E-state index contributed by atoms with van der Waals surface area (Å²) in [5.41, 5.74) is 1.19. The second-order valence-electron chi connectivity index (χ2n) is 8.36. The number of nitro benzene ring substituents is 2. The molecule has 0 aromatic heterocycles. The quantitative estimate of drug-likeness (QED) is 0.181. The molecule has 0 bridgehead atoms. The molecule has 3 aromatic rings. The van der Waals surface area contributed by atoms with Gasteiger partial charge in [-0.15, -0.1) is 0 Å². The number of non-ortho nitro benzene ring substituents is 2. The average molecular weight is 581 g/mol. The van der Waals surface area contributed by atoms with Gasteiger partial charge in [0.2, 0.25) is 11.8 Å². The van der Waals surface area contributed by atoms with Gasteiger partial charge in [-0.25, -0.2) is 9.59 Å². The van der Waals surface area contributed by atoms with E-state index in [0.29, 0.717) is 0 Å². The molecule has 0 aliphatic rings. The zero-order valence-electron chi connectivity index (χ0n) is 21.7. The SMILES string of the molecule is O=C(CNC(=O)Oc1ccc([N+](=O)[O-])cc1)NCc1ccc(CNC(=O)CNC(=O)Oc2ccc([N+](=O)[O-])cc2)cc1. The van der Waals surface area contributed by atoms with Gasteiger partial charge in [-0.1, -0.05) is 24.3 Å². The van der Waals surface area contributed by atoms with Crippen molar-refractivity contribution in [1.29, 1.82) is 0 Å². The Bertz CT molecular complexity index is 1330. The standard InChI is InChI=1S/C26H24N6O10/c33-23(15-29-25(35)41-21-9-5-19(6-10-21)31(37)38)27-13-17-1-2-18(4-3-17)14-28-24(34)16-30-26(36)42-22-11-7-20(8-12-22)32(39)40/h1-12H,13-16H2,(H,27,33)(H,28,34)(H,29,35)(H,30,36). The zero-order valence-corrected chi connectivity index (χ0v) is 21.7. The highest BCUT2D eigenvalue weighted by Crippen LogP contribution is 2.18. The number of nitro groups is 2. The van der Waals surface area contributed by atoms with E-state index in [2.05, 4.69) is 21.3 Å². The Morgan fingerprint density at radius 2 is 0.881 bits per heavy atom. The third-order valence-corrected chi connectivity index (χ3v) is 5.31. The van der Waals surface area contributed by atoms with Crippen LogP contribution in [0.3, 0.4) is 0 Å². The monoisotopic (exact) mass is 580 g/mol. The molecule has 0 atom stereocenters. The molecule has 0 unspecified atom stereocenters.